The molecule has 1 aliphatic carbocycles. The molecule has 2 rings (SSSR count). The van der Waals surface area contributed by atoms with Gasteiger partial charge in [0, 0.05) is 5.56 Å². The second kappa shape index (κ2) is 4.98. The molecule has 0 bridgehead atoms. The van der Waals surface area contributed by atoms with Crippen molar-refractivity contribution in [2.24, 2.45) is 0 Å². The number of carbonyl (C=O) groups excluding carboxylic acids is 1. The van der Waals surface area contributed by atoms with E-state index in [2.05, 4.69) is 5.32 Å². The Morgan fingerprint density at radius 3 is 2.61 bits per heavy atom. The summed E-state index contributed by atoms with van der Waals surface area (Å²) in [7, 11) is 5.45. The van der Waals surface area contributed by atoms with Crippen LogP contribution in [0.2, 0.25) is 0 Å². The molecule has 0 spiro atoms. The van der Waals surface area contributed by atoms with Gasteiger partial charge in [-0.05, 0) is 33.0 Å². The molecule has 1 aromatic rings. The first kappa shape index (κ1) is 12.9. The van der Waals surface area contributed by atoms with Crippen LogP contribution in [-0.4, -0.2) is 38.6 Å². The molecule has 1 amide bonds. The number of nitrogens with one attached hydrogen (secondary N) is 1. The number of amides is 1. The number of hydrogen-bond donors (Lipinski definition) is 1. The van der Waals surface area contributed by atoms with Crippen molar-refractivity contribution < 1.29 is 9.53 Å². The van der Waals surface area contributed by atoms with E-state index in [0.717, 1.165) is 24.2 Å². The summed E-state index contributed by atoms with van der Waals surface area (Å²) in [5.74, 6) is 0.906. The van der Waals surface area contributed by atoms with Crippen LogP contribution in [0, 0.1) is 0 Å². The van der Waals surface area contributed by atoms with Gasteiger partial charge in [-0.2, -0.15) is 0 Å². The van der Waals surface area contributed by atoms with Crippen molar-refractivity contribution in [2.45, 2.75) is 18.4 Å². The molecule has 0 aliphatic heterocycles. The molecule has 1 saturated carbocycles. The van der Waals surface area contributed by atoms with Gasteiger partial charge in [0.05, 0.1) is 19.2 Å². The Hall–Kier alpha value is -1.55. The van der Waals surface area contributed by atoms with E-state index in [1.807, 2.05) is 43.3 Å². The second-order valence-corrected chi connectivity index (χ2v) is 5.07. The third kappa shape index (κ3) is 2.64. The topological polar surface area (TPSA) is 41.6 Å². The largest absolute Gasteiger partial charge is 0.496 e. The molecule has 0 unspecified atom stereocenters. The van der Waals surface area contributed by atoms with Gasteiger partial charge in [0.25, 0.3) is 0 Å². The zero-order valence-corrected chi connectivity index (χ0v) is 11.2. The lowest BCUT2D eigenvalue weighted by molar-refractivity contribution is -0.122. The average molecular weight is 248 g/mol. The molecule has 18 heavy (non-hydrogen) atoms. The third-order valence-corrected chi connectivity index (χ3v) is 3.21. The Balaban J connectivity index is 2.14. The number of para-hydroxylation sites is 1. The second-order valence-electron chi connectivity index (χ2n) is 5.07. The first-order valence-corrected chi connectivity index (χ1v) is 6.17. The predicted molar refractivity (Wildman–Crippen MR) is 70.6 cm³/mol. The van der Waals surface area contributed by atoms with Gasteiger partial charge in [-0.1, -0.05) is 18.2 Å². The van der Waals surface area contributed by atoms with E-state index in [0.29, 0.717) is 6.54 Å². The van der Waals surface area contributed by atoms with Crippen LogP contribution in [0.5, 0.6) is 5.75 Å². The standard InChI is InChI=1S/C14H20N2O2/c1-16(2)10-13(17)15-14(8-9-14)11-6-4-5-7-12(11)18-3/h4-7H,8-10H2,1-3H3,(H,15,17). The lowest BCUT2D eigenvalue weighted by Gasteiger charge is -2.21. The van der Waals surface area contributed by atoms with Crippen LogP contribution in [0.3, 0.4) is 0 Å². The van der Waals surface area contributed by atoms with Crippen molar-refractivity contribution in [3.05, 3.63) is 29.8 Å². The third-order valence-electron chi connectivity index (χ3n) is 3.21. The SMILES string of the molecule is COc1ccccc1C1(NC(=O)CN(C)C)CC1. The number of ether oxygens (including phenoxy) is 1. The molecule has 1 fully saturated rings. The molecule has 0 heterocycles. The van der Waals surface area contributed by atoms with E-state index < -0.39 is 0 Å². The van der Waals surface area contributed by atoms with E-state index in [1.54, 1.807) is 7.11 Å². The van der Waals surface area contributed by atoms with E-state index in [-0.39, 0.29) is 11.4 Å². The number of hydrogen-bond acceptors (Lipinski definition) is 3. The number of carbonyl (C=O) groups is 1. The summed E-state index contributed by atoms with van der Waals surface area (Å²) in [5.41, 5.74) is 0.874. The normalized spacial score (nSPS) is 16.4. The Morgan fingerprint density at radius 1 is 1.39 bits per heavy atom. The van der Waals surface area contributed by atoms with Gasteiger partial charge in [0.15, 0.2) is 0 Å². The fraction of sp³-hybridized carbons (Fsp3) is 0.500. The maximum absolute atomic E-state index is 11.9. The fourth-order valence-corrected chi connectivity index (χ4v) is 2.22. The fourth-order valence-electron chi connectivity index (χ4n) is 2.22. The smallest absolute Gasteiger partial charge is 0.234 e. The minimum atomic E-state index is -0.209. The van der Waals surface area contributed by atoms with E-state index in [4.69, 9.17) is 4.74 Å². The minimum absolute atomic E-state index is 0.0587. The summed E-state index contributed by atoms with van der Waals surface area (Å²) in [5, 5.41) is 3.13. The van der Waals surface area contributed by atoms with Gasteiger partial charge < -0.3 is 15.0 Å². The van der Waals surface area contributed by atoms with Crippen LogP contribution in [0.25, 0.3) is 0 Å². The highest BCUT2D eigenvalue weighted by molar-refractivity contribution is 5.79. The van der Waals surface area contributed by atoms with Gasteiger partial charge in [-0.25, -0.2) is 0 Å². The van der Waals surface area contributed by atoms with Crippen LogP contribution in [0.4, 0.5) is 0 Å². The Bertz CT molecular complexity index is 439. The molecule has 0 radical (unpaired) electrons. The van der Waals surface area contributed by atoms with Crippen molar-refractivity contribution in [2.75, 3.05) is 27.7 Å². The Kier molecular flexibility index (Phi) is 3.57. The quantitative estimate of drug-likeness (QED) is 0.855. The van der Waals surface area contributed by atoms with Crippen molar-refractivity contribution in [1.29, 1.82) is 0 Å². The zero-order chi connectivity index (χ0) is 13.2. The van der Waals surface area contributed by atoms with Gasteiger partial charge >= 0.3 is 0 Å². The van der Waals surface area contributed by atoms with Crippen LogP contribution in [0.1, 0.15) is 18.4 Å². The molecule has 98 valence electrons. The molecule has 1 aliphatic rings. The van der Waals surface area contributed by atoms with Crippen LogP contribution in [0.15, 0.2) is 24.3 Å². The minimum Gasteiger partial charge on any atom is -0.496 e. The summed E-state index contributed by atoms with van der Waals surface area (Å²) in [4.78, 5) is 13.8. The summed E-state index contributed by atoms with van der Waals surface area (Å²) < 4.78 is 5.37. The summed E-state index contributed by atoms with van der Waals surface area (Å²) in [6.07, 6.45) is 1.96. The average Bonchev–Trinajstić information content (AvgIpc) is 3.08. The van der Waals surface area contributed by atoms with Crippen molar-refractivity contribution in [1.82, 2.24) is 10.2 Å². The molecular weight excluding hydrogens is 228 g/mol. The molecule has 1 N–H and O–H groups in total. The molecule has 0 aromatic heterocycles. The summed E-state index contributed by atoms with van der Waals surface area (Å²) in [6.45, 7) is 0.414. The van der Waals surface area contributed by atoms with Gasteiger partial charge in [-0.3, -0.25) is 4.79 Å². The van der Waals surface area contributed by atoms with Crippen molar-refractivity contribution in [3.8, 4) is 5.75 Å². The maximum atomic E-state index is 11.9. The predicted octanol–water partition coefficient (Wildman–Crippen LogP) is 1.36. The lowest BCUT2D eigenvalue weighted by atomic mass is 10.0. The van der Waals surface area contributed by atoms with Crippen LogP contribution in [-0.2, 0) is 10.3 Å². The number of likely N-dealkylation sites (N-methyl/N-ethyl adjacent to an activating group) is 1. The molecular formula is C14H20N2O2. The summed E-state index contributed by atoms with van der Waals surface area (Å²) >= 11 is 0. The summed E-state index contributed by atoms with van der Waals surface area (Å²) in [6, 6.07) is 7.89. The van der Waals surface area contributed by atoms with E-state index in [1.165, 1.54) is 0 Å². The highest BCUT2D eigenvalue weighted by atomic mass is 16.5. The van der Waals surface area contributed by atoms with Crippen LogP contribution < -0.4 is 10.1 Å². The van der Waals surface area contributed by atoms with Gasteiger partial charge in [0.2, 0.25) is 5.91 Å². The van der Waals surface area contributed by atoms with Crippen molar-refractivity contribution >= 4 is 5.91 Å². The number of rotatable bonds is 5. The first-order valence-electron chi connectivity index (χ1n) is 6.17. The lowest BCUT2D eigenvalue weighted by Crippen LogP contribution is -2.40. The Morgan fingerprint density at radius 2 is 2.06 bits per heavy atom. The molecule has 4 heteroatoms. The van der Waals surface area contributed by atoms with E-state index in [9.17, 15) is 4.79 Å². The molecule has 1 aromatic carbocycles. The van der Waals surface area contributed by atoms with Gasteiger partial charge in [-0.15, -0.1) is 0 Å². The zero-order valence-electron chi connectivity index (χ0n) is 11.2. The number of nitrogens with zero attached hydrogens (tertiary/aromatic N) is 1. The highest BCUT2D eigenvalue weighted by Crippen LogP contribution is 2.48. The number of methoxy groups -OCH3 is 1. The molecule has 0 saturated heterocycles. The first-order chi connectivity index (χ1) is 8.57. The highest BCUT2D eigenvalue weighted by Gasteiger charge is 2.47. The molecule has 4 nitrogen and oxygen atoms in total. The maximum Gasteiger partial charge on any atom is 0.234 e. The van der Waals surface area contributed by atoms with Crippen LogP contribution >= 0.6 is 0 Å². The van der Waals surface area contributed by atoms with Gasteiger partial charge in [0.1, 0.15) is 5.75 Å². The van der Waals surface area contributed by atoms with E-state index >= 15 is 0 Å². The monoisotopic (exact) mass is 248 g/mol. The Labute approximate surface area is 108 Å². The van der Waals surface area contributed by atoms with Crippen molar-refractivity contribution in [3.63, 3.8) is 0 Å². The number of benzene rings is 1. The molecule has 0 atom stereocenters.